The molecule has 1 saturated heterocycles. The maximum Gasteiger partial charge on any atom is 0.251 e. The summed E-state index contributed by atoms with van der Waals surface area (Å²) in [5, 5.41) is 0. The summed E-state index contributed by atoms with van der Waals surface area (Å²) in [5.41, 5.74) is 16.8. The van der Waals surface area contributed by atoms with Gasteiger partial charge in [-0.05, 0) is 48.4 Å². The molecule has 0 aromatic heterocycles. The lowest BCUT2D eigenvalue weighted by atomic mass is 9.83. The number of carbonyl (C=O) groups is 1. The third kappa shape index (κ3) is 2.94. The van der Waals surface area contributed by atoms with E-state index in [2.05, 4.69) is 6.07 Å². The van der Waals surface area contributed by atoms with Crippen molar-refractivity contribution in [3.05, 3.63) is 53.1 Å². The van der Waals surface area contributed by atoms with Crippen molar-refractivity contribution in [2.45, 2.75) is 25.7 Å². The van der Waals surface area contributed by atoms with E-state index in [1.807, 2.05) is 37.3 Å². The normalized spacial score (nSPS) is 15.5. The lowest BCUT2D eigenvalue weighted by Crippen LogP contribution is -2.20. The number of benzene rings is 2. The van der Waals surface area contributed by atoms with Gasteiger partial charge in [0.1, 0.15) is 0 Å². The molecule has 0 aliphatic carbocycles. The first-order chi connectivity index (χ1) is 11.1. The van der Waals surface area contributed by atoms with E-state index in [4.69, 9.17) is 16.2 Å². The Morgan fingerprint density at radius 2 is 1.83 bits per heavy atom. The minimum absolute atomic E-state index is 0.380. The molecule has 23 heavy (non-hydrogen) atoms. The molecule has 2 aromatic carbocycles. The van der Waals surface area contributed by atoms with Gasteiger partial charge in [-0.3, -0.25) is 4.79 Å². The monoisotopic (exact) mass is 310 g/mol. The minimum atomic E-state index is -0.467. The van der Waals surface area contributed by atoms with Crippen molar-refractivity contribution < 1.29 is 9.53 Å². The predicted octanol–water partition coefficient (Wildman–Crippen LogP) is 3.24. The van der Waals surface area contributed by atoms with Crippen molar-refractivity contribution in [3.63, 3.8) is 0 Å². The molecule has 0 spiro atoms. The number of hydrogen-bond acceptors (Lipinski definition) is 3. The van der Waals surface area contributed by atoms with Gasteiger partial charge in [-0.2, -0.15) is 0 Å². The summed E-state index contributed by atoms with van der Waals surface area (Å²) in [6.45, 7) is 3.44. The van der Waals surface area contributed by atoms with Gasteiger partial charge in [0, 0.05) is 18.8 Å². The van der Waals surface area contributed by atoms with Crippen molar-refractivity contribution in [1.82, 2.24) is 0 Å². The number of nitrogens with two attached hydrogens (primary N) is 2. The molecule has 0 bridgehead atoms. The highest BCUT2D eigenvalue weighted by atomic mass is 16.5. The number of primary amides is 1. The Kier molecular flexibility index (Phi) is 4.35. The van der Waals surface area contributed by atoms with Gasteiger partial charge in [0.2, 0.25) is 0 Å². The maximum atomic E-state index is 12.0. The van der Waals surface area contributed by atoms with Gasteiger partial charge in [-0.1, -0.05) is 30.3 Å². The quantitative estimate of drug-likeness (QED) is 0.854. The van der Waals surface area contributed by atoms with E-state index in [0.717, 1.165) is 48.3 Å². The van der Waals surface area contributed by atoms with Crippen LogP contribution in [-0.4, -0.2) is 19.1 Å². The van der Waals surface area contributed by atoms with Crippen molar-refractivity contribution in [2.75, 3.05) is 18.9 Å². The summed E-state index contributed by atoms with van der Waals surface area (Å²) in [6.07, 6.45) is 1.91. The number of rotatable bonds is 3. The van der Waals surface area contributed by atoms with E-state index in [1.165, 1.54) is 0 Å². The Labute approximate surface area is 136 Å². The zero-order chi connectivity index (χ0) is 16.4. The van der Waals surface area contributed by atoms with Crippen LogP contribution in [0, 0.1) is 6.92 Å². The number of amides is 1. The molecule has 3 rings (SSSR count). The standard InChI is InChI=1S/C19H22N2O2/c1-12-15(14-7-9-23-10-8-14)11-16(13-5-3-2-4-6-13)18(20)17(12)19(21)22/h2-6,11,14H,7-10,20H2,1H3,(H2,21,22). The molecule has 0 unspecified atom stereocenters. The Morgan fingerprint density at radius 3 is 2.43 bits per heavy atom. The third-order valence-electron chi connectivity index (χ3n) is 4.66. The largest absolute Gasteiger partial charge is 0.398 e. The molecular weight excluding hydrogens is 288 g/mol. The van der Waals surface area contributed by atoms with Crippen LogP contribution in [0.4, 0.5) is 5.69 Å². The second-order valence-electron chi connectivity index (χ2n) is 6.04. The predicted molar refractivity (Wildman–Crippen MR) is 92.3 cm³/mol. The van der Waals surface area contributed by atoms with Gasteiger partial charge in [0.05, 0.1) is 11.3 Å². The van der Waals surface area contributed by atoms with Gasteiger partial charge in [0.15, 0.2) is 0 Å². The fraction of sp³-hybridized carbons (Fsp3) is 0.316. The molecule has 4 N–H and O–H groups in total. The van der Waals surface area contributed by atoms with Gasteiger partial charge >= 0.3 is 0 Å². The average Bonchev–Trinajstić information content (AvgIpc) is 2.56. The van der Waals surface area contributed by atoms with Crippen LogP contribution in [0.15, 0.2) is 36.4 Å². The van der Waals surface area contributed by atoms with Crippen LogP contribution >= 0.6 is 0 Å². The minimum Gasteiger partial charge on any atom is -0.398 e. The van der Waals surface area contributed by atoms with Crippen molar-refractivity contribution in [3.8, 4) is 11.1 Å². The van der Waals surface area contributed by atoms with Crippen LogP contribution in [0.2, 0.25) is 0 Å². The Morgan fingerprint density at radius 1 is 1.17 bits per heavy atom. The van der Waals surface area contributed by atoms with Crippen molar-refractivity contribution in [1.29, 1.82) is 0 Å². The molecule has 120 valence electrons. The molecule has 0 saturated carbocycles. The topological polar surface area (TPSA) is 78.3 Å². The average molecular weight is 310 g/mol. The van der Waals surface area contributed by atoms with Gasteiger partial charge < -0.3 is 16.2 Å². The summed E-state index contributed by atoms with van der Waals surface area (Å²) in [6, 6.07) is 12.0. The molecular formula is C19H22N2O2. The van der Waals surface area contributed by atoms with Crippen LogP contribution in [0.3, 0.4) is 0 Å². The molecule has 0 radical (unpaired) electrons. The van der Waals surface area contributed by atoms with Crippen LogP contribution < -0.4 is 11.5 Å². The van der Waals surface area contributed by atoms with Crippen molar-refractivity contribution >= 4 is 11.6 Å². The summed E-state index contributed by atoms with van der Waals surface area (Å²) < 4.78 is 5.46. The molecule has 2 aromatic rings. The van der Waals surface area contributed by atoms with Crippen LogP contribution in [-0.2, 0) is 4.74 Å². The second kappa shape index (κ2) is 6.42. The Bertz CT molecular complexity index is 720. The third-order valence-corrected chi connectivity index (χ3v) is 4.66. The number of hydrogen-bond donors (Lipinski definition) is 2. The zero-order valence-corrected chi connectivity index (χ0v) is 13.3. The first kappa shape index (κ1) is 15.6. The molecule has 4 nitrogen and oxygen atoms in total. The molecule has 1 amide bonds. The summed E-state index contributed by atoms with van der Waals surface area (Å²) >= 11 is 0. The fourth-order valence-electron chi connectivity index (χ4n) is 3.43. The van der Waals surface area contributed by atoms with E-state index < -0.39 is 5.91 Å². The highest BCUT2D eigenvalue weighted by molar-refractivity contribution is 6.03. The summed E-state index contributed by atoms with van der Waals surface area (Å²) in [5.74, 6) is -0.0870. The first-order valence-corrected chi connectivity index (χ1v) is 7.95. The molecule has 4 heteroatoms. The van der Waals surface area contributed by atoms with E-state index >= 15 is 0 Å². The van der Waals surface area contributed by atoms with Gasteiger partial charge in [-0.25, -0.2) is 0 Å². The lowest BCUT2D eigenvalue weighted by Gasteiger charge is -2.26. The molecule has 1 heterocycles. The second-order valence-corrected chi connectivity index (χ2v) is 6.04. The maximum absolute atomic E-state index is 12.0. The summed E-state index contributed by atoms with van der Waals surface area (Å²) in [7, 11) is 0. The smallest absolute Gasteiger partial charge is 0.251 e. The zero-order valence-electron chi connectivity index (χ0n) is 13.3. The van der Waals surface area contributed by atoms with E-state index in [-0.39, 0.29) is 0 Å². The van der Waals surface area contributed by atoms with Crippen LogP contribution in [0.1, 0.15) is 40.2 Å². The van der Waals surface area contributed by atoms with Crippen LogP contribution in [0.5, 0.6) is 0 Å². The van der Waals surface area contributed by atoms with Gasteiger partial charge in [-0.15, -0.1) is 0 Å². The molecule has 1 aliphatic heterocycles. The highest BCUT2D eigenvalue weighted by Crippen LogP contribution is 2.38. The van der Waals surface area contributed by atoms with Crippen molar-refractivity contribution in [2.24, 2.45) is 5.73 Å². The SMILES string of the molecule is Cc1c(C2CCOCC2)cc(-c2ccccc2)c(N)c1C(N)=O. The van der Waals surface area contributed by atoms with Crippen LogP contribution in [0.25, 0.3) is 11.1 Å². The fourth-order valence-corrected chi connectivity index (χ4v) is 3.43. The molecule has 1 aliphatic rings. The molecule has 0 atom stereocenters. The van der Waals surface area contributed by atoms with E-state index in [0.29, 0.717) is 17.2 Å². The number of ether oxygens (including phenoxy) is 1. The van der Waals surface area contributed by atoms with Gasteiger partial charge in [0.25, 0.3) is 5.91 Å². The Balaban J connectivity index is 2.20. The van der Waals surface area contributed by atoms with E-state index in [1.54, 1.807) is 0 Å². The number of nitrogen functional groups attached to an aromatic ring is 1. The highest BCUT2D eigenvalue weighted by Gasteiger charge is 2.24. The Hall–Kier alpha value is -2.33. The molecule has 1 fully saturated rings. The number of anilines is 1. The number of carbonyl (C=O) groups excluding carboxylic acids is 1. The van der Waals surface area contributed by atoms with E-state index in [9.17, 15) is 4.79 Å². The first-order valence-electron chi connectivity index (χ1n) is 7.95. The summed E-state index contributed by atoms with van der Waals surface area (Å²) in [4.78, 5) is 12.0. The lowest BCUT2D eigenvalue weighted by molar-refractivity contribution is 0.0852.